The van der Waals surface area contributed by atoms with E-state index in [2.05, 4.69) is 10.3 Å². The third-order valence-electron chi connectivity index (χ3n) is 2.07. The van der Waals surface area contributed by atoms with Crippen molar-refractivity contribution in [2.24, 2.45) is 0 Å². The van der Waals surface area contributed by atoms with Gasteiger partial charge in [-0.25, -0.2) is 4.79 Å². The Bertz CT molecular complexity index is 351. The standard InChI is InChI=1S/C10H14N2O3S/c1-16-5-3-8(10(14)15)12-9(13)7-2-4-11-6-7/h2,4,6,8,11H,3,5H2,1H3,(H,12,13)(H,14,15)/t8-/m0/s1. The van der Waals surface area contributed by atoms with E-state index in [1.165, 1.54) is 6.20 Å². The summed E-state index contributed by atoms with van der Waals surface area (Å²) in [6.07, 6.45) is 5.47. The van der Waals surface area contributed by atoms with Crippen molar-refractivity contribution in [1.82, 2.24) is 10.3 Å². The number of aromatic nitrogens is 1. The van der Waals surface area contributed by atoms with Crippen LogP contribution in [0.3, 0.4) is 0 Å². The van der Waals surface area contributed by atoms with E-state index in [-0.39, 0.29) is 5.91 Å². The van der Waals surface area contributed by atoms with Crippen LogP contribution in [0.4, 0.5) is 0 Å². The van der Waals surface area contributed by atoms with Crippen molar-refractivity contribution in [3.63, 3.8) is 0 Å². The summed E-state index contributed by atoms with van der Waals surface area (Å²) >= 11 is 1.55. The SMILES string of the molecule is CSCC[C@H](NC(=O)c1cc[nH]c1)C(=O)O. The number of hydrogen-bond acceptors (Lipinski definition) is 3. The molecule has 88 valence electrons. The largest absolute Gasteiger partial charge is 0.480 e. The van der Waals surface area contributed by atoms with Gasteiger partial charge < -0.3 is 15.4 Å². The van der Waals surface area contributed by atoms with Crippen LogP contribution in [0.1, 0.15) is 16.8 Å². The van der Waals surface area contributed by atoms with Gasteiger partial charge in [-0.3, -0.25) is 4.79 Å². The van der Waals surface area contributed by atoms with Gasteiger partial charge >= 0.3 is 5.97 Å². The molecular weight excluding hydrogens is 228 g/mol. The van der Waals surface area contributed by atoms with Gasteiger partial charge in [-0.05, 0) is 24.5 Å². The van der Waals surface area contributed by atoms with Crippen molar-refractivity contribution in [2.45, 2.75) is 12.5 Å². The molecule has 1 rings (SSSR count). The second kappa shape index (κ2) is 6.22. The lowest BCUT2D eigenvalue weighted by molar-refractivity contribution is -0.139. The third-order valence-corrected chi connectivity index (χ3v) is 2.72. The Labute approximate surface area is 97.6 Å². The number of hydrogen-bond donors (Lipinski definition) is 3. The van der Waals surface area contributed by atoms with Gasteiger partial charge in [0.1, 0.15) is 6.04 Å². The fourth-order valence-electron chi connectivity index (χ4n) is 1.20. The molecule has 0 radical (unpaired) electrons. The van der Waals surface area contributed by atoms with Gasteiger partial charge in [-0.2, -0.15) is 11.8 Å². The van der Waals surface area contributed by atoms with Crippen LogP contribution in [0.5, 0.6) is 0 Å². The van der Waals surface area contributed by atoms with Crippen molar-refractivity contribution in [2.75, 3.05) is 12.0 Å². The number of aliphatic carboxylic acids is 1. The molecule has 1 aromatic rings. The second-order valence-corrected chi connectivity index (χ2v) is 4.23. The molecule has 0 fully saturated rings. The van der Waals surface area contributed by atoms with Crippen LogP contribution in [-0.4, -0.2) is 40.0 Å². The van der Waals surface area contributed by atoms with Crippen LogP contribution in [0.25, 0.3) is 0 Å². The number of amides is 1. The zero-order valence-corrected chi connectivity index (χ0v) is 9.71. The summed E-state index contributed by atoms with van der Waals surface area (Å²) in [6.45, 7) is 0. The molecule has 1 heterocycles. The number of aromatic amines is 1. The van der Waals surface area contributed by atoms with Crippen LogP contribution in [0.2, 0.25) is 0 Å². The average molecular weight is 242 g/mol. The van der Waals surface area contributed by atoms with Crippen molar-refractivity contribution < 1.29 is 14.7 Å². The molecule has 1 aromatic heterocycles. The number of carboxylic acids is 1. The first kappa shape index (κ1) is 12.6. The highest BCUT2D eigenvalue weighted by molar-refractivity contribution is 7.98. The van der Waals surface area contributed by atoms with Gasteiger partial charge in [0.15, 0.2) is 0 Å². The molecular formula is C10H14N2O3S. The minimum atomic E-state index is -1.00. The predicted molar refractivity (Wildman–Crippen MR) is 62.7 cm³/mol. The maximum absolute atomic E-state index is 11.6. The van der Waals surface area contributed by atoms with Crippen molar-refractivity contribution in [3.05, 3.63) is 24.0 Å². The number of thioether (sulfide) groups is 1. The molecule has 16 heavy (non-hydrogen) atoms. The van der Waals surface area contributed by atoms with Crippen LogP contribution >= 0.6 is 11.8 Å². The van der Waals surface area contributed by atoms with Gasteiger partial charge in [0, 0.05) is 12.4 Å². The minimum Gasteiger partial charge on any atom is -0.480 e. The van der Waals surface area contributed by atoms with Gasteiger partial charge in [-0.1, -0.05) is 0 Å². The lowest BCUT2D eigenvalue weighted by atomic mass is 10.2. The van der Waals surface area contributed by atoms with Crippen molar-refractivity contribution in [1.29, 1.82) is 0 Å². The molecule has 5 nitrogen and oxygen atoms in total. The molecule has 3 N–H and O–H groups in total. The van der Waals surface area contributed by atoms with Gasteiger partial charge in [0.05, 0.1) is 5.56 Å². The summed E-state index contributed by atoms with van der Waals surface area (Å²) in [6, 6.07) is 0.776. The van der Waals surface area contributed by atoms with Crippen LogP contribution < -0.4 is 5.32 Å². The first-order valence-corrected chi connectivity index (χ1v) is 6.20. The smallest absolute Gasteiger partial charge is 0.326 e. The van der Waals surface area contributed by atoms with Crippen LogP contribution in [0, 0.1) is 0 Å². The first-order chi connectivity index (χ1) is 7.65. The normalized spacial score (nSPS) is 12.1. The zero-order valence-electron chi connectivity index (χ0n) is 8.90. The highest BCUT2D eigenvalue weighted by Gasteiger charge is 2.19. The Kier molecular flexibility index (Phi) is 4.91. The lowest BCUT2D eigenvalue weighted by Crippen LogP contribution is -2.41. The molecule has 0 aromatic carbocycles. The Morgan fingerprint density at radius 2 is 2.38 bits per heavy atom. The molecule has 6 heteroatoms. The molecule has 1 amide bonds. The van der Waals surface area contributed by atoms with E-state index in [1.54, 1.807) is 24.0 Å². The summed E-state index contributed by atoms with van der Waals surface area (Å²) in [7, 11) is 0. The number of H-pyrrole nitrogens is 1. The highest BCUT2D eigenvalue weighted by atomic mass is 32.2. The summed E-state index contributed by atoms with van der Waals surface area (Å²) in [5.41, 5.74) is 0.440. The Morgan fingerprint density at radius 3 is 2.88 bits per heavy atom. The topological polar surface area (TPSA) is 82.2 Å². The van der Waals surface area contributed by atoms with E-state index < -0.39 is 12.0 Å². The molecule has 1 atom stereocenters. The Hall–Kier alpha value is -1.43. The van der Waals surface area contributed by atoms with Crippen LogP contribution in [0.15, 0.2) is 18.5 Å². The van der Waals surface area contributed by atoms with Crippen LogP contribution in [-0.2, 0) is 4.79 Å². The molecule has 0 aliphatic heterocycles. The van der Waals surface area contributed by atoms with Gasteiger partial charge in [0.25, 0.3) is 5.91 Å². The molecule has 0 saturated heterocycles. The molecule has 0 aliphatic rings. The number of carbonyl (C=O) groups is 2. The quantitative estimate of drug-likeness (QED) is 0.693. The van der Waals surface area contributed by atoms with E-state index in [4.69, 9.17) is 5.11 Å². The highest BCUT2D eigenvalue weighted by Crippen LogP contribution is 2.03. The Morgan fingerprint density at radius 1 is 1.62 bits per heavy atom. The maximum Gasteiger partial charge on any atom is 0.326 e. The molecule has 0 spiro atoms. The van der Waals surface area contributed by atoms with Gasteiger partial charge in [0.2, 0.25) is 0 Å². The summed E-state index contributed by atoms with van der Waals surface area (Å²) in [5, 5.41) is 11.4. The maximum atomic E-state index is 11.6. The molecule has 0 saturated carbocycles. The second-order valence-electron chi connectivity index (χ2n) is 3.25. The zero-order chi connectivity index (χ0) is 12.0. The number of carboxylic acid groups (broad SMARTS) is 1. The van der Waals surface area contributed by atoms with Crippen molar-refractivity contribution >= 4 is 23.6 Å². The summed E-state index contributed by atoms with van der Waals surface area (Å²) in [5.74, 6) is -0.669. The number of nitrogens with one attached hydrogen (secondary N) is 2. The lowest BCUT2D eigenvalue weighted by Gasteiger charge is -2.13. The van der Waals surface area contributed by atoms with E-state index in [0.717, 1.165) is 0 Å². The van der Waals surface area contributed by atoms with Crippen molar-refractivity contribution in [3.8, 4) is 0 Å². The average Bonchev–Trinajstić information content (AvgIpc) is 2.76. The monoisotopic (exact) mass is 242 g/mol. The molecule has 0 aliphatic carbocycles. The molecule has 0 bridgehead atoms. The predicted octanol–water partition coefficient (Wildman–Crippen LogP) is 0.951. The van der Waals surface area contributed by atoms with E-state index >= 15 is 0 Å². The van der Waals surface area contributed by atoms with E-state index in [1.807, 2.05) is 6.26 Å². The summed E-state index contributed by atoms with van der Waals surface area (Å²) in [4.78, 5) is 25.2. The van der Waals surface area contributed by atoms with Gasteiger partial charge in [-0.15, -0.1) is 0 Å². The minimum absolute atomic E-state index is 0.366. The summed E-state index contributed by atoms with van der Waals surface area (Å²) < 4.78 is 0. The fourth-order valence-corrected chi connectivity index (χ4v) is 1.67. The number of carbonyl (C=O) groups excluding carboxylic acids is 1. The van der Waals surface area contributed by atoms with E-state index in [0.29, 0.717) is 17.7 Å². The first-order valence-electron chi connectivity index (χ1n) is 4.80. The number of rotatable bonds is 6. The fraction of sp³-hybridized carbons (Fsp3) is 0.400. The van der Waals surface area contributed by atoms with E-state index in [9.17, 15) is 9.59 Å². The Balaban J connectivity index is 2.54. The third kappa shape index (κ3) is 3.62. The molecule has 0 unspecified atom stereocenters.